The summed E-state index contributed by atoms with van der Waals surface area (Å²) in [5.41, 5.74) is 5.72. The zero-order valence-corrected chi connectivity index (χ0v) is 17.9. The Bertz CT molecular complexity index is 1040. The van der Waals surface area contributed by atoms with Crippen LogP contribution >= 0.6 is 11.8 Å². The average molecular weight is 416 g/mol. The fourth-order valence-electron chi connectivity index (χ4n) is 3.49. The Morgan fingerprint density at radius 2 is 1.75 bits per heavy atom. The molecular weight excluding hydrogens is 390 g/mol. The van der Waals surface area contributed by atoms with Gasteiger partial charge in [-0.1, -0.05) is 23.9 Å². The van der Waals surface area contributed by atoms with Crippen LogP contribution in [0.3, 0.4) is 0 Å². The minimum atomic E-state index is -3.33. The molecule has 0 atom stereocenters. The summed E-state index contributed by atoms with van der Waals surface area (Å²) < 4.78 is 26.8. The molecule has 0 saturated carbocycles. The van der Waals surface area contributed by atoms with E-state index in [1.54, 1.807) is 28.2 Å². The van der Waals surface area contributed by atoms with Crippen molar-refractivity contribution < 1.29 is 8.42 Å². The molecule has 1 fully saturated rings. The van der Waals surface area contributed by atoms with Gasteiger partial charge in [0.15, 0.2) is 5.16 Å². The molecule has 2 heterocycles. The Labute approximate surface area is 170 Å². The maximum Gasteiger partial charge on any atom is 0.243 e. The molecule has 0 aliphatic carbocycles. The van der Waals surface area contributed by atoms with Crippen molar-refractivity contribution >= 4 is 32.8 Å². The Morgan fingerprint density at radius 3 is 2.46 bits per heavy atom. The molecule has 1 N–H and O–H groups in total. The number of sulfonamides is 1. The van der Waals surface area contributed by atoms with Crippen LogP contribution < -0.4 is 0 Å². The maximum absolute atomic E-state index is 12.6. The van der Waals surface area contributed by atoms with Crippen molar-refractivity contribution in [2.24, 2.45) is 0 Å². The van der Waals surface area contributed by atoms with Gasteiger partial charge in [-0.25, -0.2) is 13.4 Å². The molecule has 28 heavy (non-hydrogen) atoms. The van der Waals surface area contributed by atoms with Crippen molar-refractivity contribution in [3.63, 3.8) is 0 Å². The Hall–Kier alpha value is -1.83. The predicted octanol–water partition coefficient (Wildman–Crippen LogP) is 4.30. The van der Waals surface area contributed by atoms with E-state index in [1.165, 1.54) is 11.1 Å². The van der Waals surface area contributed by atoms with Gasteiger partial charge in [0.25, 0.3) is 0 Å². The van der Waals surface area contributed by atoms with Crippen LogP contribution in [0.4, 0.5) is 0 Å². The van der Waals surface area contributed by atoms with Crippen LogP contribution in [0.2, 0.25) is 0 Å². The van der Waals surface area contributed by atoms with Gasteiger partial charge in [0.2, 0.25) is 10.0 Å². The molecule has 148 valence electrons. The molecule has 5 nitrogen and oxygen atoms in total. The topological polar surface area (TPSA) is 66.1 Å². The number of rotatable bonds is 6. The number of nitrogens with zero attached hydrogens (tertiary/aromatic N) is 2. The van der Waals surface area contributed by atoms with Crippen molar-refractivity contribution in [3.8, 4) is 0 Å². The van der Waals surface area contributed by atoms with Crippen LogP contribution in [-0.4, -0.2) is 41.5 Å². The summed E-state index contributed by atoms with van der Waals surface area (Å²) in [6, 6.07) is 11.6. The lowest BCUT2D eigenvalue weighted by Gasteiger charge is -2.15. The van der Waals surface area contributed by atoms with E-state index in [1.807, 2.05) is 12.1 Å². The second-order valence-corrected chi connectivity index (χ2v) is 10.4. The fourth-order valence-corrected chi connectivity index (χ4v) is 5.88. The van der Waals surface area contributed by atoms with Crippen molar-refractivity contribution in [2.45, 2.75) is 43.2 Å². The number of imidazole rings is 1. The third-order valence-electron chi connectivity index (χ3n) is 5.33. The predicted molar refractivity (Wildman–Crippen MR) is 114 cm³/mol. The van der Waals surface area contributed by atoms with Gasteiger partial charge in [0.05, 0.1) is 15.9 Å². The SMILES string of the molecule is Cc1cc2nc(SCCc3ccc(S(=O)(=O)N4CCCC4)cc3)[nH]c2cc1C. The molecular formula is C21H25N3O2S2. The van der Waals surface area contributed by atoms with E-state index in [-0.39, 0.29) is 0 Å². The largest absolute Gasteiger partial charge is 0.333 e. The first-order valence-corrected chi connectivity index (χ1v) is 12.0. The second kappa shape index (κ2) is 7.89. The lowest BCUT2D eigenvalue weighted by Crippen LogP contribution is -2.27. The first kappa shape index (κ1) is 19.5. The van der Waals surface area contributed by atoms with Gasteiger partial charge in [-0.3, -0.25) is 0 Å². The number of thioether (sulfide) groups is 1. The van der Waals surface area contributed by atoms with Crippen molar-refractivity contribution in [3.05, 3.63) is 53.1 Å². The number of nitrogens with one attached hydrogen (secondary N) is 1. The van der Waals surface area contributed by atoms with Gasteiger partial charge in [-0.05, 0) is 74.1 Å². The number of fused-ring (bicyclic) bond motifs is 1. The molecule has 0 unspecified atom stereocenters. The van der Waals surface area contributed by atoms with E-state index in [4.69, 9.17) is 0 Å². The Balaban J connectivity index is 1.37. The summed E-state index contributed by atoms with van der Waals surface area (Å²) in [5.74, 6) is 0.885. The summed E-state index contributed by atoms with van der Waals surface area (Å²) in [5, 5.41) is 0.924. The van der Waals surface area contributed by atoms with Crippen molar-refractivity contribution in [1.82, 2.24) is 14.3 Å². The Morgan fingerprint density at radius 1 is 1.07 bits per heavy atom. The highest BCUT2D eigenvalue weighted by atomic mass is 32.2. The molecule has 0 spiro atoms. The van der Waals surface area contributed by atoms with Crippen molar-refractivity contribution in [2.75, 3.05) is 18.8 Å². The van der Waals surface area contributed by atoms with E-state index in [0.29, 0.717) is 18.0 Å². The van der Waals surface area contributed by atoms with Crippen molar-refractivity contribution in [1.29, 1.82) is 0 Å². The molecule has 1 aliphatic rings. The number of aromatic amines is 1. The highest BCUT2D eigenvalue weighted by Gasteiger charge is 2.26. The maximum atomic E-state index is 12.6. The first-order valence-electron chi connectivity index (χ1n) is 9.62. The summed E-state index contributed by atoms with van der Waals surface area (Å²) >= 11 is 1.69. The summed E-state index contributed by atoms with van der Waals surface area (Å²) in [4.78, 5) is 8.43. The van der Waals surface area contributed by atoms with E-state index in [2.05, 4.69) is 35.9 Å². The summed E-state index contributed by atoms with van der Waals surface area (Å²) in [6.45, 7) is 5.48. The van der Waals surface area contributed by atoms with Crippen LogP contribution in [0.5, 0.6) is 0 Å². The lowest BCUT2D eigenvalue weighted by molar-refractivity contribution is 0.477. The Kier molecular flexibility index (Phi) is 5.49. The third-order valence-corrected chi connectivity index (χ3v) is 8.12. The number of aromatic nitrogens is 2. The van der Waals surface area contributed by atoms with Crippen LogP contribution in [0, 0.1) is 13.8 Å². The zero-order valence-electron chi connectivity index (χ0n) is 16.2. The highest BCUT2D eigenvalue weighted by molar-refractivity contribution is 7.99. The van der Waals surface area contributed by atoms with Gasteiger partial charge >= 0.3 is 0 Å². The molecule has 0 bridgehead atoms. The minimum Gasteiger partial charge on any atom is -0.333 e. The van der Waals surface area contributed by atoms with Gasteiger partial charge in [-0.2, -0.15) is 4.31 Å². The van der Waals surface area contributed by atoms with Gasteiger partial charge in [-0.15, -0.1) is 0 Å². The number of hydrogen-bond donors (Lipinski definition) is 1. The molecule has 0 radical (unpaired) electrons. The smallest absolute Gasteiger partial charge is 0.243 e. The van der Waals surface area contributed by atoms with Crippen LogP contribution in [0.15, 0.2) is 46.5 Å². The van der Waals surface area contributed by atoms with E-state index in [9.17, 15) is 8.42 Å². The monoisotopic (exact) mass is 415 g/mol. The molecule has 3 aromatic rings. The molecule has 2 aromatic carbocycles. The first-order chi connectivity index (χ1) is 13.4. The van der Waals surface area contributed by atoms with Gasteiger partial charge in [0, 0.05) is 18.8 Å². The fraction of sp³-hybridized carbons (Fsp3) is 0.381. The standard InChI is InChI=1S/C21H25N3O2S2/c1-15-13-19-20(14-16(15)2)23-21(22-19)27-12-9-17-5-7-18(8-6-17)28(25,26)24-10-3-4-11-24/h5-8,13-14H,3-4,9-12H2,1-2H3,(H,22,23). The molecule has 7 heteroatoms. The number of benzene rings is 2. The van der Waals surface area contributed by atoms with Gasteiger partial charge < -0.3 is 4.98 Å². The average Bonchev–Trinajstić information content (AvgIpc) is 3.33. The van der Waals surface area contributed by atoms with E-state index >= 15 is 0 Å². The van der Waals surface area contributed by atoms with Gasteiger partial charge in [0.1, 0.15) is 0 Å². The van der Waals surface area contributed by atoms with E-state index in [0.717, 1.165) is 46.8 Å². The third kappa shape index (κ3) is 3.97. The summed E-state index contributed by atoms with van der Waals surface area (Å²) in [6.07, 6.45) is 2.77. The number of H-pyrrole nitrogens is 1. The number of hydrogen-bond acceptors (Lipinski definition) is 4. The highest BCUT2D eigenvalue weighted by Crippen LogP contribution is 2.24. The zero-order chi connectivity index (χ0) is 19.7. The number of aryl methyl sites for hydroxylation is 3. The van der Waals surface area contributed by atoms with Crippen LogP contribution in [0.1, 0.15) is 29.5 Å². The van der Waals surface area contributed by atoms with Crippen LogP contribution in [-0.2, 0) is 16.4 Å². The molecule has 4 rings (SSSR count). The lowest BCUT2D eigenvalue weighted by atomic mass is 10.1. The minimum absolute atomic E-state index is 0.397. The quantitative estimate of drug-likeness (QED) is 0.610. The van der Waals surface area contributed by atoms with E-state index < -0.39 is 10.0 Å². The molecule has 1 aliphatic heterocycles. The summed E-state index contributed by atoms with van der Waals surface area (Å²) in [7, 11) is -3.33. The normalized spacial score (nSPS) is 15.5. The second-order valence-electron chi connectivity index (χ2n) is 7.35. The van der Waals surface area contributed by atoms with Crippen LogP contribution in [0.25, 0.3) is 11.0 Å². The molecule has 1 saturated heterocycles. The molecule has 0 amide bonds. The molecule has 1 aromatic heterocycles.